The molecule has 0 bridgehead atoms. The van der Waals surface area contributed by atoms with E-state index in [9.17, 15) is 4.39 Å². The van der Waals surface area contributed by atoms with E-state index in [1.54, 1.807) is 12.1 Å². The maximum Gasteiger partial charge on any atom is 0.131 e. The monoisotopic (exact) mass is 310 g/mol. The Hall–Kier alpha value is -1.37. The quantitative estimate of drug-likeness (QED) is 0.579. The molecular formula is C22H27F. The lowest BCUT2D eigenvalue weighted by atomic mass is 9.63. The van der Waals surface area contributed by atoms with Crippen molar-refractivity contribution in [3.05, 3.63) is 47.8 Å². The molecule has 0 amide bonds. The van der Waals surface area contributed by atoms with E-state index < -0.39 is 0 Å². The van der Waals surface area contributed by atoms with Gasteiger partial charge < -0.3 is 0 Å². The summed E-state index contributed by atoms with van der Waals surface area (Å²) in [6.07, 6.45) is 9.65. The number of halogens is 1. The summed E-state index contributed by atoms with van der Waals surface area (Å²) in [6.45, 7) is 2.35. The summed E-state index contributed by atoms with van der Waals surface area (Å²) in [5.41, 5.74) is 1.36. The van der Waals surface area contributed by atoms with Crippen molar-refractivity contribution in [1.82, 2.24) is 0 Å². The summed E-state index contributed by atoms with van der Waals surface area (Å²) in [7, 11) is 0. The van der Waals surface area contributed by atoms with Crippen LogP contribution in [-0.4, -0.2) is 0 Å². The van der Waals surface area contributed by atoms with E-state index in [4.69, 9.17) is 0 Å². The van der Waals surface area contributed by atoms with Gasteiger partial charge in [0.1, 0.15) is 5.82 Å². The summed E-state index contributed by atoms with van der Waals surface area (Å²) in [5, 5.41) is 1.81. The molecule has 122 valence electrons. The SMILES string of the molecule is CCC1CCC2CC(c3ccc4cccc(F)c4c3)CCC2C1. The standard InChI is InChI=1S/C22H27F/c1-2-15-6-7-18-13-19(11-10-17(18)12-15)20-9-8-16-4-3-5-22(23)21(16)14-20/h3-5,8-9,14-15,17-19H,2,6-7,10-13H2,1H3. The Kier molecular flexibility index (Phi) is 4.13. The molecule has 0 radical (unpaired) electrons. The largest absolute Gasteiger partial charge is 0.206 e. The van der Waals surface area contributed by atoms with Crippen LogP contribution in [0.5, 0.6) is 0 Å². The van der Waals surface area contributed by atoms with Gasteiger partial charge in [-0.25, -0.2) is 4.39 Å². The van der Waals surface area contributed by atoms with Gasteiger partial charge in [0.25, 0.3) is 0 Å². The van der Waals surface area contributed by atoms with Gasteiger partial charge in [0, 0.05) is 5.39 Å². The Labute approximate surface area is 139 Å². The summed E-state index contributed by atoms with van der Waals surface area (Å²) in [6, 6.07) is 11.8. The van der Waals surface area contributed by atoms with Crippen molar-refractivity contribution in [3.8, 4) is 0 Å². The molecule has 0 aromatic heterocycles. The average Bonchev–Trinajstić information content (AvgIpc) is 2.61. The molecule has 4 atom stereocenters. The van der Waals surface area contributed by atoms with Crippen LogP contribution in [0.4, 0.5) is 4.39 Å². The van der Waals surface area contributed by atoms with Gasteiger partial charge in [0.2, 0.25) is 0 Å². The number of hydrogen-bond donors (Lipinski definition) is 0. The maximum atomic E-state index is 14.1. The lowest BCUT2D eigenvalue weighted by Gasteiger charge is -2.42. The zero-order valence-electron chi connectivity index (χ0n) is 14.1. The molecule has 23 heavy (non-hydrogen) atoms. The second-order valence-electron chi connectivity index (χ2n) is 7.84. The molecule has 4 rings (SSSR count). The van der Waals surface area contributed by atoms with Crippen molar-refractivity contribution >= 4 is 10.8 Å². The summed E-state index contributed by atoms with van der Waals surface area (Å²) in [4.78, 5) is 0. The third-order valence-corrected chi connectivity index (χ3v) is 6.62. The van der Waals surface area contributed by atoms with Crippen molar-refractivity contribution in [2.45, 2.75) is 57.8 Å². The number of fused-ring (bicyclic) bond motifs is 2. The highest BCUT2D eigenvalue weighted by Crippen LogP contribution is 2.48. The van der Waals surface area contributed by atoms with Crippen molar-refractivity contribution in [2.75, 3.05) is 0 Å². The lowest BCUT2D eigenvalue weighted by molar-refractivity contribution is 0.116. The van der Waals surface area contributed by atoms with Crippen LogP contribution >= 0.6 is 0 Å². The van der Waals surface area contributed by atoms with Crippen LogP contribution in [0.15, 0.2) is 36.4 Å². The van der Waals surface area contributed by atoms with Gasteiger partial charge in [-0.05, 0) is 78.9 Å². The van der Waals surface area contributed by atoms with Crippen molar-refractivity contribution < 1.29 is 4.39 Å². The predicted octanol–water partition coefficient (Wildman–Crippen LogP) is 6.69. The first-order valence-electron chi connectivity index (χ1n) is 9.42. The van der Waals surface area contributed by atoms with Gasteiger partial charge in [-0.1, -0.05) is 44.0 Å². The van der Waals surface area contributed by atoms with Gasteiger partial charge in [-0.15, -0.1) is 0 Å². The highest BCUT2D eigenvalue weighted by Gasteiger charge is 2.35. The third kappa shape index (κ3) is 2.91. The molecule has 0 nitrogen and oxygen atoms in total. The highest BCUT2D eigenvalue weighted by molar-refractivity contribution is 5.83. The Morgan fingerprint density at radius 2 is 1.78 bits per heavy atom. The minimum absolute atomic E-state index is 0.0820. The first kappa shape index (κ1) is 15.2. The minimum atomic E-state index is -0.0820. The molecule has 2 aliphatic rings. The molecule has 4 unspecified atom stereocenters. The van der Waals surface area contributed by atoms with Crippen LogP contribution in [0.1, 0.15) is 63.4 Å². The Bertz CT molecular complexity index is 689. The maximum absolute atomic E-state index is 14.1. The molecule has 2 fully saturated rings. The van der Waals surface area contributed by atoms with E-state index in [0.717, 1.165) is 28.5 Å². The van der Waals surface area contributed by atoms with Crippen molar-refractivity contribution in [1.29, 1.82) is 0 Å². The fourth-order valence-corrected chi connectivity index (χ4v) is 5.17. The number of benzene rings is 2. The van der Waals surface area contributed by atoms with Crippen molar-refractivity contribution in [3.63, 3.8) is 0 Å². The normalized spacial score (nSPS) is 31.0. The second-order valence-corrected chi connectivity index (χ2v) is 7.84. The average molecular weight is 310 g/mol. The summed E-state index contributed by atoms with van der Waals surface area (Å²) < 4.78 is 14.1. The Morgan fingerprint density at radius 1 is 0.957 bits per heavy atom. The summed E-state index contributed by atoms with van der Waals surface area (Å²) in [5.74, 6) is 3.40. The molecule has 0 aliphatic heterocycles. The summed E-state index contributed by atoms with van der Waals surface area (Å²) >= 11 is 0. The van der Waals surface area contributed by atoms with Crippen molar-refractivity contribution in [2.24, 2.45) is 17.8 Å². The Morgan fingerprint density at radius 3 is 2.65 bits per heavy atom. The molecule has 2 aromatic carbocycles. The smallest absolute Gasteiger partial charge is 0.131 e. The van der Waals surface area contributed by atoms with Crippen LogP contribution in [0.3, 0.4) is 0 Å². The predicted molar refractivity (Wildman–Crippen MR) is 95.1 cm³/mol. The Balaban J connectivity index is 1.54. The van der Waals surface area contributed by atoms with Crippen LogP contribution in [0.2, 0.25) is 0 Å². The first-order valence-corrected chi connectivity index (χ1v) is 9.42. The molecule has 2 saturated carbocycles. The molecule has 0 N–H and O–H groups in total. The molecule has 0 heterocycles. The van der Waals surface area contributed by atoms with Crippen LogP contribution in [0.25, 0.3) is 10.8 Å². The van der Waals surface area contributed by atoms with Gasteiger partial charge >= 0.3 is 0 Å². The molecule has 1 heteroatoms. The van der Waals surface area contributed by atoms with Crippen LogP contribution < -0.4 is 0 Å². The highest BCUT2D eigenvalue weighted by atomic mass is 19.1. The van der Waals surface area contributed by atoms with Gasteiger partial charge in [-0.2, -0.15) is 0 Å². The zero-order chi connectivity index (χ0) is 15.8. The molecular weight excluding hydrogens is 283 g/mol. The number of rotatable bonds is 2. The first-order chi connectivity index (χ1) is 11.2. The fourth-order valence-electron chi connectivity index (χ4n) is 5.17. The van der Waals surface area contributed by atoms with Crippen LogP contribution in [-0.2, 0) is 0 Å². The number of hydrogen-bond acceptors (Lipinski definition) is 0. The van der Waals surface area contributed by atoms with Crippen LogP contribution in [0, 0.1) is 23.6 Å². The van der Waals surface area contributed by atoms with E-state index in [1.165, 1.54) is 50.5 Å². The molecule has 2 aliphatic carbocycles. The molecule has 0 spiro atoms. The fraction of sp³-hybridized carbons (Fsp3) is 0.545. The molecule has 2 aromatic rings. The van der Waals surface area contributed by atoms with E-state index >= 15 is 0 Å². The zero-order valence-corrected chi connectivity index (χ0v) is 14.1. The van der Waals surface area contributed by atoms with Gasteiger partial charge in [0.05, 0.1) is 0 Å². The second kappa shape index (κ2) is 6.26. The van der Waals surface area contributed by atoms with E-state index in [2.05, 4.69) is 25.1 Å². The van der Waals surface area contributed by atoms with Gasteiger partial charge in [-0.3, -0.25) is 0 Å². The van der Waals surface area contributed by atoms with Gasteiger partial charge in [0.15, 0.2) is 0 Å². The lowest BCUT2D eigenvalue weighted by Crippen LogP contribution is -2.30. The topological polar surface area (TPSA) is 0 Å². The van der Waals surface area contributed by atoms with E-state index in [0.29, 0.717) is 5.92 Å². The molecule has 0 saturated heterocycles. The van der Waals surface area contributed by atoms with E-state index in [1.807, 2.05) is 6.07 Å². The van der Waals surface area contributed by atoms with E-state index in [-0.39, 0.29) is 5.82 Å². The third-order valence-electron chi connectivity index (χ3n) is 6.62. The minimum Gasteiger partial charge on any atom is -0.206 e.